The monoisotopic (exact) mass is 269 g/mol. The fourth-order valence-electron chi connectivity index (χ4n) is 2.92. The van der Waals surface area contributed by atoms with E-state index in [0.29, 0.717) is 6.04 Å². The van der Waals surface area contributed by atoms with Gasteiger partial charge in [0, 0.05) is 6.04 Å². The molecule has 1 N–H and O–H groups in total. The van der Waals surface area contributed by atoms with Crippen molar-refractivity contribution >= 4 is 10.8 Å². The quantitative estimate of drug-likeness (QED) is 0.761. The normalized spacial score (nSPS) is 14.3. The minimum atomic E-state index is 0.584. The third-order valence-corrected chi connectivity index (χ3v) is 4.22. The Hall–Kier alpha value is -1.34. The van der Waals surface area contributed by atoms with Crippen molar-refractivity contribution < 1.29 is 0 Å². The molecule has 0 aromatic heterocycles. The Morgan fingerprint density at radius 2 is 1.75 bits per heavy atom. The van der Waals surface area contributed by atoms with Gasteiger partial charge in [0.05, 0.1) is 0 Å². The molecule has 0 aliphatic carbocycles. The summed E-state index contributed by atoms with van der Waals surface area (Å²) in [5.41, 5.74) is 1.47. The van der Waals surface area contributed by atoms with Gasteiger partial charge in [-0.2, -0.15) is 0 Å². The molecule has 2 aromatic carbocycles. The van der Waals surface area contributed by atoms with E-state index in [1.54, 1.807) is 0 Å². The zero-order valence-corrected chi connectivity index (χ0v) is 13.0. The van der Waals surface area contributed by atoms with Crippen LogP contribution in [0.2, 0.25) is 0 Å². The van der Waals surface area contributed by atoms with Crippen LogP contribution in [0.4, 0.5) is 0 Å². The zero-order chi connectivity index (χ0) is 14.4. The highest BCUT2D eigenvalue weighted by atomic mass is 14.9. The van der Waals surface area contributed by atoms with Gasteiger partial charge in [0.25, 0.3) is 0 Å². The maximum absolute atomic E-state index is 3.66. The van der Waals surface area contributed by atoms with E-state index >= 15 is 0 Å². The number of likely N-dealkylation sites (N-methyl/N-ethyl adjacent to an activating group) is 1. The fourth-order valence-corrected chi connectivity index (χ4v) is 2.92. The molecule has 1 heteroatoms. The van der Waals surface area contributed by atoms with Crippen molar-refractivity contribution in [1.29, 1.82) is 0 Å². The number of rotatable bonds is 7. The van der Waals surface area contributed by atoms with Crippen LogP contribution in [0.15, 0.2) is 42.5 Å². The van der Waals surface area contributed by atoms with E-state index in [4.69, 9.17) is 0 Å². The van der Waals surface area contributed by atoms with E-state index in [0.717, 1.165) is 18.9 Å². The maximum atomic E-state index is 3.66. The van der Waals surface area contributed by atoms with Gasteiger partial charge in [-0.05, 0) is 41.6 Å². The maximum Gasteiger partial charge on any atom is 0.0110 e. The van der Waals surface area contributed by atoms with E-state index < -0.39 is 0 Å². The third kappa shape index (κ3) is 3.83. The van der Waals surface area contributed by atoms with Crippen LogP contribution in [0.3, 0.4) is 0 Å². The van der Waals surface area contributed by atoms with Crippen molar-refractivity contribution in [3.8, 4) is 0 Å². The lowest BCUT2D eigenvalue weighted by Crippen LogP contribution is -2.32. The van der Waals surface area contributed by atoms with Crippen molar-refractivity contribution in [1.82, 2.24) is 5.32 Å². The first-order chi connectivity index (χ1) is 9.74. The van der Waals surface area contributed by atoms with Gasteiger partial charge in [-0.15, -0.1) is 0 Å². The molecule has 0 fully saturated rings. The van der Waals surface area contributed by atoms with Gasteiger partial charge >= 0.3 is 0 Å². The summed E-state index contributed by atoms with van der Waals surface area (Å²) in [5.74, 6) is 0.786. The van der Waals surface area contributed by atoms with Gasteiger partial charge in [0.1, 0.15) is 0 Å². The molecular weight excluding hydrogens is 242 g/mol. The predicted molar refractivity (Wildman–Crippen MR) is 89.2 cm³/mol. The molecule has 0 saturated carbocycles. The lowest BCUT2D eigenvalue weighted by molar-refractivity contribution is 0.398. The second kappa shape index (κ2) is 7.44. The molecule has 0 saturated heterocycles. The van der Waals surface area contributed by atoms with E-state index in [-0.39, 0.29) is 0 Å². The van der Waals surface area contributed by atoms with E-state index in [9.17, 15) is 0 Å². The summed E-state index contributed by atoms with van der Waals surface area (Å²) >= 11 is 0. The summed E-state index contributed by atoms with van der Waals surface area (Å²) in [5, 5.41) is 6.42. The first kappa shape index (κ1) is 15.1. The van der Waals surface area contributed by atoms with E-state index in [2.05, 4.69) is 68.6 Å². The molecule has 0 radical (unpaired) electrons. The smallest absolute Gasteiger partial charge is 0.0110 e. The Morgan fingerprint density at radius 3 is 2.50 bits per heavy atom. The molecule has 0 aliphatic rings. The van der Waals surface area contributed by atoms with Crippen LogP contribution in [0.25, 0.3) is 10.8 Å². The highest BCUT2D eigenvalue weighted by Crippen LogP contribution is 2.21. The van der Waals surface area contributed by atoms with Gasteiger partial charge in [-0.25, -0.2) is 0 Å². The molecule has 2 unspecified atom stereocenters. The van der Waals surface area contributed by atoms with Gasteiger partial charge in [-0.1, -0.05) is 69.7 Å². The van der Waals surface area contributed by atoms with Crippen molar-refractivity contribution in [2.75, 3.05) is 6.54 Å². The number of fused-ring (bicyclic) bond motifs is 1. The lowest BCUT2D eigenvalue weighted by atomic mass is 9.92. The largest absolute Gasteiger partial charge is 0.314 e. The van der Waals surface area contributed by atoms with E-state index in [1.807, 2.05) is 0 Å². The Morgan fingerprint density at radius 1 is 1.00 bits per heavy atom. The second-order valence-electron chi connectivity index (χ2n) is 5.85. The molecule has 0 bridgehead atoms. The Labute approximate surface area is 123 Å². The lowest BCUT2D eigenvalue weighted by Gasteiger charge is -2.22. The highest BCUT2D eigenvalue weighted by molar-refractivity contribution is 5.85. The first-order valence-corrected chi connectivity index (χ1v) is 7.94. The average Bonchev–Trinajstić information content (AvgIpc) is 2.47. The minimum Gasteiger partial charge on any atom is -0.314 e. The minimum absolute atomic E-state index is 0.584. The van der Waals surface area contributed by atoms with Crippen molar-refractivity contribution in [2.45, 2.75) is 46.1 Å². The van der Waals surface area contributed by atoms with Crippen molar-refractivity contribution in [3.63, 3.8) is 0 Å². The number of nitrogens with one attached hydrogen (secondary N) is 1. The molecule has 0 heterocycles. The average molecular weight is 269 g/mol. The predicted octanol–water partition coefficient (Wildman–Crippen LogP) is 4.80. The summed E-state index contributed by atoms with van der Waals surface area (Å²) in [6.07, 6.45) is 3.64. The number of benzene rings is 2. The molecular formula is C19H27N. The summed E-state index contributed by atoms with van der Waals surface area (Å²) in [6, 6.07) is 16.0. The second-order valence-corrected chi connectivity index (χ2v) is 5.85. The zero-order valence-electron chi connectivity index (χ0n) is 13.0. The fraction of sp³-hybridized carbons (Fsp3) is 0.474. The van der Waals surface area contributed by atoms with E-state index in [1.165, 1.54) is 29.2 Å². The summed E-state index contributed by atoms with van der Waals surface area (Å²) in [7, 11) is 0. The number of hydrogen-bond acceptors (Lipinski definition) is 1. The van der Waals surface area contributed by atoms with Crippen LogP contribution in [-0.2, 0) is 6.42 Å². The highest BCUT2D eigenvalue weighted by Gasteiger charge is 2.13. The Balaban J connectivity index is 2.19. The SMILES string of the molecule is CCNC(Cc1cccc2ccccc12)CC(C)CC. The molecule has 20 heavy (non-hydrogen) atoms. The van der Waals surface area contributed by atoms with Crippen LogP contribution in [0, 0.1) is 5.92 Å². The van der Waals surface area contributed by atoms with Crippen LogP contribution in [-0.4, -0.2) is 12.6 Å². The van der Waals surface area contributed by atoms with Gasteiger partial charge in [-0.3, -0.25) is 0 Å². The standard InChI is InChI=1S/C19H27N/c1-4-15(3)13-18(20-5-2)14-17-11-8-10-16-9-6-7-12-19(16)17/h6-12,15,18,20H,4-5,13-14H2,1-3H3. The third-order valence-electron chi connectivity index (χ3n) is 4.22. The molecule has 2 rings (SSSR count). The van der Waals surface area contributed by atoms with Crippen LogP contribution in [0.5, 0.6) is 0 Å². The Kier molecular flexibility index (Phi) is 5.60. The van der Waals surface area contributed by atoms with Gasteiger partial charge in [0.2, 0.25) is 0 Å². The summed E-state index contributed by atoms with van der Waals surface area (Å²) in [4.78, 5) is 0. The molecule has 0 aliphatic heterocycles. The van der Waals surface area contributed by atoms with Crippen LogP contribution < -0.4 is 5.32 Å². The van der Waals surface area contributed by atoms with Gasteiger partial charge in [0.15, 0.2) is 0 Å². The van der Waals surface area contributed by atoms with Crippen molar-refractivity contribution in [3.05, 3.63) is 48.0 Å². The molecule has 108 valence electrons. The topological polar surface area (TPSA) is 12.0 Å². The molecule has 0 amide bonds. The van der Waals surface area contributed by atoms with Crippen molar-refractivity contribution in [2.24, 2.45) is 5.92 Å². The Bertz CT molecular complexity index is 527. The first-order valence-electron chi connectivity index (χ1n) is 7.94. The molecule has 0 spiro atoms. The summed E-state index contributed by atoms with van der Waals surface area (Å²) in [6.45, 7) is 7.89. The van der Waals surface area contributed by atoms with Gasteiger partial charge < -0.3 is 5.32 Å². The summed E-state index contributed by atoms with van der Waals surface area (Å²) < 4.78 is 0. The number of hydrogen-bond donors (Lipinski definition) is 1. The molecule has 1 nitrogen and oxygen atoms in total. The van der Waals surface area contributed by atoms with Crippen LogP contribution in [0.1, 0.15) is 39.2 Å². The van der Waals surface area contributed by atoms with Crippen LogP contribution >= 0.6 is 0 Å². The molecule has 2 aromatic rings. The molecule has 2 atom stereocenters.